The van der Waals surface area contributed by atoms with E-state index in [0.29, 0.717) is 5.41 Å². The molecule has 0 aliphatic heterocycles. The zero-order valence-electron chi connectivity index (χ0n) is 10.1. The SMILES string of the molecule is CCCC(C)CC(C)(C)CNCC. The summed E-state index contributed by atoms with van der Waals surface area (Å²) in [5, 5.41) is 3.44. The van der Waals surface area contributed by atoms with E-state index in [1.165, 1.54) is 19.3 Å². The highest BCUT2D eigenvalue weighted by molar-refractivity contribution is 4.73. The zero-order chi connectivity index (χ0) is 10.3. The first-order valence-electron chi connectivity index (χ1n) is 5.72. The van der Waals surface area contributed by atoms with Gasteiger partial charge in [-0.1, -0.05) is 47.5 Å². The van der Waals surface area contributed by atoms with E-state index in [1.54, 1.807) is 0 Å². The van der Waals surface area contributed by atoms with E-state index in [4.69, 9.17) is 0 Å². The monoisotopic (exact) mass is 185 g/mol. The van der Waals surface area contributed by atoms with Crippen LogP contribution in [-0.4, -0.2) is 13.1 Å². The van der Waals surface area contributed by atoms with E-state index in [-0.39, 0.29) is 0 Å². The molecule has 0 aromatic rings. The van der Waals surface area contributed by atoms with Gasteiger partial charge in [-0.25, -0.2) is 0 Å². The topological polar surface area (TPSA) is 12.0 Å². The van der Waals surface area contributed by atoms with Gasteiger partial charge in [0, 0.05) is 6.54 Å². The van der Waals surface area contributed by atoms with Gasteiger partial charge in [-0.2, -0.15) is 0 Å². The molecule has 1 N–H and O–H groups in total. The van der Waals surface area contributed by atoms with Crippen LogP contribution in [0.2, 0.25) is 0 Å². The van der Waals surface area contributed by atoms with Gasteiger partial charge in [-0.05, 0) is 24.3 Å². The Morgan fingerprint density at radius 2 is 1.85 bits per heavy atom. The van der Waals surface area contributed by atoms with Crippen molar-refractivity contribution in [2.75, 3.05) is 13.1 Å². The molecular weight excluding hydrogens is 158 g/mol. The van der Waals surface area contributed by atoms with Gasteiger partial charge in [0.1, 0.15) is 0 Å². The molecule has 13 heavy (non-hydrogen) atoms. The van der Waals surface area contributed by atoms with E-state index < -0.39 is 0 Å². The van der Waals surface area contributed by atoms with Crippen LogP contribution in [0.3, 0.4) is 0 Å². The minimum Gasteiger partial charge on any atom is -0.316 e. The summed E-state index contributed by atoms with van der Waals surface area (Å²) in [6, 6.07) is 0. The van der Waals surface area contributed by atoms with E-state index in [0.717, 1.165) is 19.0 Å². The van der Waals surface area contributed by atoms with E-state index in [2.05, 4.69) is 39.9 Å². The minimum absolute atomic E-state index is 0.463. The fraction of sp³-hybridized carbons (Fsp3) is 1.00. The number of rotatable bonds is 7. The molecule has 0 heterocycles. The smallest absolute Gasteiger partial charge is 0.000250 e. The average molecular weight is 185 g/mol. The first-order chi connectivity index (χ1) is 6.02. The molecule has 0 saturated carbocycles. The van der Waals surface area contributed by atoms with Crippen LogP contribution < -0.4 is 5.32 Å². The summed E-state index contributed by atoms with van der Waals surface area (Å²) < 4.78 is 0. The summed E-state index contributed by atoms with van der Waals surface area (Å²) in [4.78, 5) is 0. The molecular formula is C12H27N. The molecule has 1 atom stereocenters. The summed E-state index contributed by atoms with van der Waals surface area (Å²) in [5.41, 5.74) is 0.463. The van der Waals surface area contributed by atoms with Crippen molar-refractivity contribution < 1.29 is 0 Å². The molecule has 0 rings (SSSR count). The Morgan fingerprint density at radius 1 is 1.23 bits per heavy atom. The van der Waals surface area contributed by atoms with Crippen molar-refractivity contribution in [3.8, 4) is 0 Å². The molecule has 1 nitrogen and oxygen atoms in total. The Balaban J connectivity index is 3.71. The molecule has 0 aliphatic carbocycles. The van der Waals surface area contributed by atoms with Crippen LogP contribution in [0.25, 0.3) is 0 Å². The molecule has 80 valence electrons. The van der Waals surface area contributed by atoms with E-state index >= 15 is 0 Å². The third kappa shape index (κ3) is 7.06. The molecule has 0 spiro atoms. The summed E-state index contributed by atoms with van der Waals surface area (Å²) in [5.74, 6) is 0.874. The fourth-order valence-electron chi connectivity index (χ4n) is 2.07. The number of hydrogen-bond acceptors (Lipinski definition) is 1. The maximum Gasteiger partial charge on any atom is 0.000250 e. The molecule has 1 unspecified atom stereocenters. The van der Waals surface area contributed by atoms with Crippen LogP contribution >= 0.6 is 0 Å². The van der Waals surface area contributed by atoms with Crippen molar-refractivity contribution in [3.63, 3.8) is 0 Å². The van der Waals surface area contributed by atoms with Gasteiger partial charge in [0.25, 0.3) is 0 Å². The van der Waals surface area contributed by atoms with Crippen LogP contribution in [0.5, 0.6) is 0 Å². The predicted octanol–water partition coefficient (Wildman–Crippen LogP) is 3.45. The summed E-state index contributed by atoms with van der Waals surface area (Å²) >= 11 is 0. The van der Waals surface area contributed by atoms with E-state index in [1.807, 2.05) is 0 Å². The van der Waals surface area contributed by atoms with Crippen molar-refractivity contribution in [3.05, 3.63) is 0 Å². The van der Waals surface area contributed by atoms with Crippen LogP contribution in [0, 0.1) is 11.3 Å². The Kier molecular flexibility index (Phi) is 6.40. The lowest BCUT2D eigenvalue weighted by Crippen LogP contribution is -2.30. The van der Waals surface area contributed by atoms with Gasteiger partial charge in [0.15, 0.2) is 0 Å². The molecule has 0 bridgehead atoms. The maximum absolute atomic E-state index is 3.44. The third-order valence-electron chi connectivity index (χ3n) is 2.54. The lowest BCUT2D eigenvalue weighted by molar-refractivity contribution is 0.258. The van der Waals surface area contributed by atoms with Crippen molar-refractivity contribution in [1.82, 2.24) is 5.32 Å². The molecule has 0 radical (unpaired) electrons. The van der Waals surface area contributed by atoms with Crippen molar-refractivity contribution in [2.24, 2.45) is 11.3 Å². The largest absolute Gasteiger partial charge is 0.316 e. The second kappa shape index (κ2) is 6.42. The summed E-state index contributed by atoms with van der Waals surface area (Å²) in [6.07, 6.45) is 4.03. The van der Waals surface area contributed by atoms with Crippen LogP contribution in [0.1, 0.15) is 53.9 Å². The van der Waals surface area contributed by atoms with Gasteiger partial charge in [-0.3, -0.25) is 0 Å². The van der Waals surface area contributed by atoms with Crippen molar-refractivity contribution in [2.45, 2.75) is 53.9 Å². The molecule has 0 fully saturated rings. The van der Waals surface area contributed by atoms with Crippen molar-refractivity contribution in [1.29, 1.82) is 0 Å². The Hall–Kier alpha value is -0.0400. The first kappa shape index (κ1) is 13.0. The Labute approximate surface area is 84.3 Å². The third-order valence-corrected chi connectivity index (χ3v) is 2.54. The Bertz CT molecular complexity index is 118. The number of hydrogen-bond donors (Lipinski definition) is 1. The molecule has 0 saturated heterocycles. The first-order valence-corrected chi connectivity index (χ1v) is 5.72. The lowest BCUT2D eigenvalue weighted by atomic mass is 9.82. The highest BCUT2D eigenvalue weighted by Gasteiger charge is 2.19. The second-order valence-electron chi connectivity index (χ2n) is 5.04. The highest BCUT2D eigenvalue weighted by atomic mass is 14.9. The fourth-order valence-corrected chi connectivity index (χ4v) is 2.07. The van der Waals surface area contributed by atoms with Gasteiger partial charge >= 0.3 is 0 Å². The van der Waals surface area contributed by atoms with Gasteiger partial charge < -0.3 is 5.32 Å². The van der Waals surface area contributed by atoms with Crippen LogP contribution in [0.4, 0.5) is 0 Å². The maximum atomic E-state index is 3.44. The average Bonchev–Trinajstić information content (AvgIpc) is 2.00. The summed E-state index contributed by atoms with van der Waals surface area (Å²) in [6.45, 7) is 13.8. The predicted molar refractivity (Wildman–Crippen MR) is 61.0 cm³/mol. The molecule has 0 aromatic heterocycles. The zero-order valence-corrected chi connectivity index (χ0v) is 10.1. The molecule has 1 heteroatoms. The quantitative estimate of drug-likeness (QED) is 0.640. The number of nitrogens with one attached hydrogen (secondary N) is 1. The Morgan fingerprint density at radius 3 is 2.31 bits per heavy atom. The normalized spacial score (nSPS) is 14.5. The lowest BCUT2D eigenvalue weighted by Gasteiger charge is -2.28. The van der Waals surface area contributed by atoms with Gasteiger partial charge in [-0.15, -0.1) is 0 Å². The van der Waals surface area contributed by atoms with Crippen LogP contribution in [0.15, 0.2) is 0 Å². The van der Waals surface area contributed by atoms with Gasteiger partial charge in [0.2, 0.25) is 0 Å². The highest BCUT2D eigenvalue weighted by Crippen LogP contribution is 2.26. The van der Waals surface area contributed by atoms with Gasteiger partial charge in [0.05, 0.1) is 0 Å². The summed E-state index contributed by atoms with van der Waals surface area (Å²) in [7, 11) is 0. The molecule has 0 amide bonds. The molecule has 0 aliphatic rings. The van der Waals surface area contributed by atoms with Crippen molar-refractivity contribution >= 4 is 0 Å². The standard InChI is InChI=1S/C12H27N/c1-6-8-11(3)9-12(4,5)10-13-7-2/h11,13H,6-10H2,1-5H3. The minimum atomic E-state index is 0.463. The van der Waals surface area contributed by atoms with Crippen LogP contribution in [-0.2, 0) is 0 Å². The molecule has 0 aromatic carbocycles. The van der Waals surface area contributed by atoms with E-state index in [9.17, 15) is 0 Å². The second-order valence-corrected chi connectivity index (χ2v) is 5.04.